The van der Waals surface area contributed by atoms with Crippen molar-refractivity contribution in [3.8, 4) is 0 Å². The van der Waals surface area contributed by atoms with E-state index in [4.69, 9.17) is 5.11 Å². The van der Waals surface area contributed by atoms with Crippen LogP contribution in [0.25, 0.3) is 0 Å². The molecule has 0 aromatic carbocycles. The van der Waals surface area contributed by atoms with Gasteiger partial charge in [0, 0.05) is 11.4 Å². The molecule has 1 aromatic heterocycles. The Balaban J connectivity index is 2.09. The summed E-state index contributed by atoms with van der Waals surface area (Å²) in [6.45, 7) is 0. The van der Waals surface area contributed by atoms with Gasteiger partial charge in [-0.2, -0.15) is 0 Å². The number of hydrogen-bond donors (Lipinski definition) is 2. The van der Waals surface area contributed by atoms with Crippen molar-refractivity contribution in [2.75, 3.05) is 11.5 Å². The van der Waals surface area contributed by atoms with Crippen LogP contribution in [0.2, 0.25) is 0 Å². The number of nitrogens with one attached hydrogen (secondary N) is 1. The van der Waals surface area contributed by atoms with Gasteiger partial charge in [0.1, 0.15) is 14.0 Å². The van der Waals surface area contributed by atoms with Gasteiger partial charge in [0.25, 0.3) is 0 Å². The Labute approximate surface area is 120 Å². The fourth-order valence-corrected chi connectivity index (χ4v) is 5.82. The molecule has 2 N–H and O–H groups in total. The Morgan fingerprint density at radius 3 is 2.45 bits per heavy atom. The molecule has 7 nitrogen and oxygen atoms in total. The smallest absolute Gasteiger partial charge is 0.336 e. The number of hydrogen-bond acceptors (Lipinski definition) is 6. The van der Waals surface area contributed by atoms with Crippen molar-refractivity contribution in [3.05, 3.63) is 17.0 Å². The molecule has 0 amide bonds. The van der Waals surface area contributed by atoms with E-state index in [0.29, 0.717) is 0 Å². The average Bonchev–Trinajstić information content (AvgIpc) is 2.82. The lowest BCUT2D eigenvalue weighted by Crippen LogP contribution is -2.40. The van der Waals surface area contributed by atoms with Crippen LogP contribution in [0, 0.1) is 0 Å². The van der Waals surface area contributed by atoms with Gasteiger partial charge >= 0.3 is 5.97 Å². The SMILES string of the molecule is O=C(O)c1csc(S(=O)(=O)NC2CCS(=O)(=O)CC2)c1. The number of carboxylic acid groups (broad SMARTS) is 1. The summed E-state index contributed by atoms with van der Waals surface area (Å²) in [6.07, 6.45) is 0.470. The van der Waals surface area contributed by atoms with E-state index in [1.54, 1.807) is 0 Å². The molecule has 10 heteroatoms. The molecule has 0 bridgehead atoms. The molecule has 1 saturated heterocycles. The third-order valence-corrected chi connectivity index (χ3v) is 7.64. The number of aromatic carboxylic acids is 1. The van der Waals surface area contributed by atoms with Gasteiger partial charge in [-0.1, -0.05) is 0 Å². The molecule has 1 aliphatic rings. The highest BCUT2D eigenvalue weighted by Gasteiger charge is 2.28. The standard InChI is InChI=1S/C10H13NO6S3/c12-10(13)7-5-9(18-6-7)20(16,17)11-8-1-3-19(14,15)4-2-8/h5-6,8,11H,1-4H2,(H,12,13). The normalized spacial score (nSPS) is 19.8. The number of rotatable bonds is 4. The zero-order chi connectivity index (χ0) is 15.0. The highest BCUT2D eigenvalue weighted by Crippen LogP contribution is 2.22. The van der Waals surface area contributed by atoms with Gasteiger partial charge in [-0.05, 0) is 18.9 Å². The van der Waals surface area contributed by atoms with Crippen molar-refractivity contribution < 1.29 is 26.7 Å². The van der Waals surface area contributed by atoms with Crippen molar-refractivity contribution in [1.82, 2.24) is 4.72 Å². The van der Waals surface area contributed by atoms with Crippen LogP contribution in [0.1, 0.15) is 23.2 Å². The van der Waals surface area contributed by atoms with E-state index in [0.717, 1.165) is 17.4 Å². The van der Waals surface area contributed by atoms with Crippen LogP contribution in [0.5, 0.6) is 0 Å². The van der Waals surface area contributed by atoms with E-state index >= 15 is 0 Å². The fourth-order valence-electron chi connectivity index (χ4n) is 1.86. The maximum Gasteiger partial charge on any atom is 0.336 e. The molecular formula is C10H13NO6S3. The third-order valence-electron chi connectivity index (χ3n) is 2.96. The molecule has 112 valence electrons. The van der Waals surface area contributed by atoms with Crippen molar-refractivity contribution in [2.24, 2.45) is 0 Å². The van der Waals surface area contributed by atoms with Crippen LogP contribution in [0.4, 0.5) is 0 Å². The lowest BCUT2D eigenvalue weighted by atomic mass is 10.2. The number of sulfonamides is 1. The number of carboxylic acids is 1. The summed E-state index contributed by atoms with van der Waals surface area (Å²) in [4.78, 5) is 10.7. The first-order chi connectivity index (χ1) is 9.20. The van der Waals surface area contributed by atoms with Gasteiger partial charge in [-0.3, -0.25) is 0 Å². The van der Waals surface area contributed by atoms with E-state index in [-0.39, 0.29) is 34.1 Å². The first-order valence-corrected chi connectivity index (χ1v) is 9.93. The van der Waals surface area contributed by atoms with Crippen molar-refractivity contribution >= 4 is 37.2 Å². The minimum Gasteiger partial charge on any atom is -0.478 e. The van der Waals surface area contributed by atoms with Crippen LogP contribution in [-0.2, 0) is 19.9 Å². The van der Waals surface area contributed by atoms with E-state index in [9.17, 15) is 21.6 Å². The van der Waals surface area contributed by atoms with Gasteiger partial charge in [0.05, 0.1) is 17.1 Å². The van der Waals surface area contributed by atoms with Gasteiger partial charge < -0.3 is 5.11 Å². The fraction of sp³-hybridized carbons (Fsp3) is 0.500. The molecule has 1 aliphatic heterocycles. The number of thiophene rings is 1. The number of sulfone groups is 1. The summed E-state index contributed by atoms with van der Waals surface area (Å²) in [6, 6.07) is 0.661. The second kappa shape index (κ2) is 5.43. The maximum absolute atomic E-state index is 12.1. The molecule has 0 unspecified atom stereocenters. The molecule has 0 radical (unpaired) electrons. The second-order valence-corrected chi connectivity index (χ2v) is 9.66. The zero-order valence-corrected chi connectivity index (χ0v) is 12.7. The van der Waals surface area contributed by atoms with Crippen LogP contribution in [0.3, 0.4) is 0 Å². The molecule has 1 aromatic rings. The lowest BCUT2D eigenvalue weighted by molar-refractivity contribution is 0.0697. The molecule has 2 rings (SSSR count). The molecule has 0 atom stereocenters. The topological polar surface area (TPSA) is 118 Å². The van der Waals surface area contributed by atoms with E-state index in [1.807, 2.05) is 0 Å². The Morgan fingerprint density at radius 2 is 1.95 bits per heavy atom. The predicted octanol–water partition coefficient (Wildman–Crippen LogP) is 0.302. The molecule has 2 heterocycles. The summed E-state index contributed by atoms with van der Waals surface area (Å²) in [5.41, 5.74) is -0.0819. The summed E-state index contributed by atoms with van der Waals surface area (Å²) in [5, 5.41) is 10.0. The van der Waals surface area contributed by atoms with Crippen molar-refractivity contribution in [3.63, 3.8) is 0 Å². The highest BCUT2D eigenvalue weighted by molar-refractivity contribution is 7.92. The lowest BCUT2D eigenvalue weighted by Gasteiger charge is -2.22. The van der Waals surface area contributed by atoms with E-state index in [2.05, 4.69) is 4.72 Å². The van der Waals surface area contributed by atoms with Crippen LogP contribution in [-0.4, -0.2) is 45.5 Å². The Bertz CT molecular complexity index is 704. The van der Waals surface area contributed by atoms with Crippen LogP contribution < -0.4 is 4.72 Å². The van der Waals surface area contributed by atoms with Crippen molar-refractivity contribution in [2.45, 2.75) is 23.1 Å². The summed E-state index contributed by atoms with van der Waals surface area (Å²) < 4.78 is 49.0. The van der Waals surface area contributed by atoms with Gasteiger partial charge in [0.2, 0.25) is 10.0 Å². The predicted molar refractivity (Wildman–Crippen MR) is 73.3 cm³/mol. The third kappa shape index (κ3) is 3.57. The zero-order valence-electron chi connectivity index (χ0n) is 10.3. The minimum absolute atomic E-state index is 0.0367. The van der Waals surface area contributed by atoms with Crippen LogP contribution >= 0.6 is 11.3 Å². The van der Waals surface area contributed by atoms with Gasteiger partial charge in [0.15, 0.2) is 0 Å². The number of carbonyl (C=O) groups is 1. The van der Waals surface area contributed by atoms with Crippen LogP contribution in [0.15, 0.2) is 15.7 Å². The summed E-state index contributed by atoms with van der Waals surface area (Å²) in [7, 11) is -6.85. The Morgan fingerprint density at radius 1 is 1.35 bits per heavy atom. The Hall–Kier alpha value is -0.970. The maximum atomic E-state index is 12.1. The molecule has 1 fully saturated rings. The van der Waals surface area contributed by atoms with Crippen molar-refractivity contribution in [1.29, 1.82) is 0 Å². The van der Waals surface area contributed by atoms with E-state index < -0.39 is 31.9 Å². The molecule has 20 heavy (non-hydrogen) atoms. The second-order valence-electron chi connectivity index (χ2n) is 4.51. The molecule has 0 saturated carbocycles. The first kappa shape index (κ1) is 15.4. The Kier molecular flexibility index (Phi) is 4.19. The van der Waals surface area contributed by atoms with Gasteiger partial charge in [-0.15, -0.1) is 11.3 Å². The monoisotopic (exact) mass is 339 g/mol. The average molecular weight is 339 g/mol. The molecule has 0 aliphatic carbocycles. The molecular weight excluding hydrogens is 326 g/mol. The van der Waals surface area contributed by atoms with Gasteiger partial charge in [-0.25, -0.2) is 26.4 Å². The minimum atomic E-state index is -3.80. The summed E-state index contributed by atoms with van der Waals surface area (Å²) >= 11 is 0.824. The molecule has 0 spiro atoms. The van der Waals surface area contributed by atoms with E-state index in [1.165, 1.54) is 5.38 Å². The quantitative estimate of drug-likeness (QED) is 0.815. The highest BCUT2D eigenvalue weighted by atomic mass is 32.2. The summed E-state index contributed by atoms with van der Waals surface area (Å²) in [5.74, 6) is -1.26. The first-order valence-electron chi connectivity index (χ1n) is 5.74. The largest absolute Gasteiger partial charge is 0.478 e.